The summed E-state index contributed by atoms with van der Waals surface area (Å²) in [6.45, 7) is 1.76. The van der Waals surface area contributed by atoms with Crippen molar-refractivity contribution in [2.75, 3.05) is 25.0 Å². The van der Waals surface area contributed by atoms with Crippen LogP contribution in [0, 0.1) is 0 Å². The quantitative estimate of drug-likeness (QED) is 0.714. The molecule has 80 valence electrons. The molecule has 2 rings (SSSR count). The molecule has 0 aliphatic carbocycles. The van der Waals surface area contributed by atoms with E-state index in [0.717, 1.165) is 25.1 Å². The molecule has 3 nitrogen and oxygen atoms in total. The first-order chi connectivity index (χ1) is 7.22. The van der Waals surface area contributed by atoms with Crippen molar-refractivity contribution in [3.05, 3.63) is 29.3 Å². The number of carbonyl (C=O) groups excluding carboxylic acids is 1. The summed E-state index contributed by atoms with van der Waals surface area (Å²) in [7, 11) is 1.95. The summed E-state index contributed by atoms with van der Waals surface area (Å²) >= 11 is 5.92. The Labute approximate surface area is 94.2 Å². The van der Waals surface area contributed by atoms with Crippen LogP contribution in [0.15, 0.2) is 24.3 Å². The lowest BCUT2D eigenvalue weighted by Crippen LogP contribution is -2.38. The van der Waals surface area contributed by atoms with Crippen LogP contribution in [0.4, 0.5) is 5.69 Å². The fourth-order valence-corrected chi connectivity index (χ4v) is 2.07. The lowest BCUT2D eigenvalue weighted by Gasteiger charge is -2.25. The lowest BCUT2D eigenvalue weighted by atomic mass is 10.3. The van der Waals surface area contributed by atoms with Crippen LogP contribution in [0.1, 0.15) is 0 Å². The van der Waals surface area contributed by atoms with Gasteiger partial charge in [0.05, 0.1) is 0 Å². The van der Waals surface area contributed by atoms with E-state index in [1.165, 1.54) is 0 Å². The van der Waals surface area contributed by atoms with Gasteiger partial charge in [0.1, 0.15) is 6.17 Å². The summed E-state index contributed by atoms with van der Waals surface area (Å²) in [6, 6.07) is 7.59. The third-order valence-corrected chi connectivity index (χ3v) is 2.96. The molecular weight excluding hydrogens is 212 g/mol. The van der Waals surface area contributed by atoms with Crippen molar-refractivity contribution >= 4 is 23.6 Å². The lowest BCUT2D eigenvalue weighted by molar-refractivity contribution is -0.111. The van der Waals surface area contributed by atoms with Crippen LogP contribution < -0.4 is 4.90 Å². The first-order valence-corrected chi connectivity index (χ1v) is 5.28. The summed E-state index contributed by atoms with van der Waals surface area (Å²) in [5.74, 6) is 0. The SMILES string of the molecule is CN1CCN(c2cccc(Cl)c2)C1C=O. The Hall–Kier alpha value is -1.06. The van der Waals surface area contributed by atoms with Crippen molar-refractivity contribution in [3.8, 4) is 0 Å². The average Bonchev–Trinajstić information content (AvgIpc) is 2.59. The molecule has 0 N–H and O–H groups in total. The summed E-state index contributed by atoms with van der Waals surface area (Å²) in [5.41, 5.74) is 1.00. The predicted molar refractivity (Wildman–Crippen MR) is 61.3 cm³/mol. The first kappa shape index (κ1) is 10.5. The van der Waals surface area contributed by atoms with Crippen LogP contribution in [0.3, 0.4) is 0 Å². The Morgan fingerprint density at radius 1 is 1.47 bits per heavy atom. The summed E-state index contributed by atoms with van der Waals surface area (Å²) in [6.07, 6.45) is 0.803. The smallest absolute Gasteiger partial charge is 0.157 e. The largest absolute Gasteiger partial charge is 0.348 e. The van der Waals surface area contributed by atoms with E-state index < -0.39 is 0 Å². The molecule has 1 aliphatic rings. The molecule has 1 heterocycles. The van der Waals surface area contributed by atoms with Crippen molar-refractivity contribution in [1.82, 2.24) is 4.90 Å². The van der Waals surface area contributed by atoms with Crippen molar-refractivity contribution in [2.45, 2.75) is 6.17 Å². The fourth-order valence-electron chi connectivity index (χ4n) is 1.88. The van der Waals surface area contributed by atoms with Gasteiger partial charge in [-0.05, 0) is 25.2 Å². The maximum Gasteiger partial charge on any atom is 0.157 e. The molecule has 0 amide bonds. The van der Waals surface area contributed by atoms with Gasteiger partial charge in [-0.25, -0.2) is 0 Å². The number of nitrogens with zero attached hydrogens (tertiary/aromatic N) is 2. The van der Waals surface area contributed by atoms with Crippen molar-refractivity contribution in [2.24, 2.45) is 0 Å². The van der Waals surface area contributed by atoms with E-state index in [1.807, 2.05) is 36.2 Å². The Morgan fingerprint density at radius 2 is 2.27 bits per heavy atom. The van der Waals surface area contributed by atoms with Crippen LogP contribution >= 0.6 is 11.6 Å². The van der Waals surface area contributed by atoms with Crippen LogP contribution in [0.25, 0.3) is 0 Å². The number of hydrogen-bond donors (Lipinski definition) is 0. The molecule has 0 saturated carbocycles. The Kier molecular flexibility index (Phi) is 2.93. The topological polar surface area (TPSA) is 23.6 Å². The standard InChI is InChI=1S/C11H13ClN2O/c1-13-5-6-14(11(13)8-15)10-4-2-3-9(12)7-10/h2-4,7-8,11H,5-6H2,1H3. The van der Waals surface area contributed by atoms with Crippen LogP contribution in [-0.2, 0) is 4.79 Å². The zero-order chi connectivity index (χ0) is 10.8. The van der Waals surface area contributed by atoms with E-state index in [-0.39, 0.29) is 6.17 Å². The highest BCUT2D eigenvalue weighted by atomic mass is 35.5. The van der Waals surface area contributed by atoms with Crippen molar-refractivity contribution in [3.63, 3.8) is 0 Å². The van der Waals surface area contributed by atoms with Crippen LogP contribution in [-0.4, -0.2) is 37.5 Å². The molecule has 1 saturated heterocycles. The molecule has 0 aromatic heterocycles. The third-order valence-electron chi connectivity index (χ3n) is 2.73. The highest BCUT2D eigenvalue weighted by molar-refractivity contribution is 6.30. The summed E-state index contributed by atoms with van der Waals surface area (Å²) in [5, 5.41) is 0.701. The van der Waals surface area contributed by atoms with E-state index in [9.17, 15) is 4.79 Å². The number of carbonyl (C=O) groups is 1. The second-order valence-electron chi connectivity index (χ2n) is 3.70. The number of hydrogen-bond acceptors (Lipinski definition) is 3. The molecular formula is C11H13ClN2O. The minimum atomic E-state index is -0.163. The highest BCUT2D eigenvalue weighted by Crippen LogP contribution is 2.24. The molecule has 0 radical (unpaired) electrons. The van der Waals surface area contributed by atoms with E-state index in [1.54, 1.807) is 0 Å². The van der Waals surface area contributed by atoms with Gasteiger partial charge in [-0.2, -0.15) is 0 Å². The van der Waals surface area contributed by atoms with Gasteiger partial charge in [-0.3, -0.25) is 9.69 Å². The Morgan fingerprint density at radius 3 is 2.93 bits per heavy atom. The molecule has 1 aromatic carbocycles. The molecule has 1 fully saturated rings. The maximum absolute atomic E-state index is 11.0. The highest BCUT2D eigenvalue weighted by Gasteiger charge is 2.28. The van der Waals surface area contributed by atoms with Gasteiger partial charge >= 0.3 is 0 Å². The number of anilines is 1. The molecule has 1 unspecified atom stereocenters. The minimum Gasteiger partial charge on any atom is -0.348 e. The zero-order valence-corrected chi connectivity index (χ0v) is 9.31. The molecule has 4 heteroatoms. The molecule has 0 bridgehead atoms. The molecule has 15 heavy (non-hydrogen) atoms. The summed E-state index contributed by atoms with van der Waals surface area (Å²) in [4.78, 5) is 15.0. The van der Waals surface area contributed by atoms with Gasteiger partial charge in [-0.15, -0.1) is 0 Å². The third kappa shape index (κ3) is 1.98. The van der Waals surface area contributed by atoms with Gasteiger partial charge in [0.15, 0.2) is 6.29 Å². The van der Waals surface area contributed by atoms with Crippen molar-refractivity contribution in [1.29, 1.82) is 0 Å². The average molecular weight is 225 g/mol. The van der Waals surface area contributed by atoms with Gasteiger partial charge in [0.25, 0.3) is 0 Å². The molecule has 0 spiro atoms. The molecule has 1 aromatic rings. The molecule has 1 aliphatic heterocycles. The van der Waals surface area contributed by atoms with Crippen LogP contribution in [0.5, 0.6) is 0 Å². The number of benzene rings is 1. The zero-order valence-electron chi connectivity index (χ0n) is 8.56. The van der Waals surface area contributed by atoms with E-state index in [4.69, 9.17) is 11.6 Å². The first-order valence-electron chi connectivity index (χ1n) is 4.90. The van der Waals surface area contributed by atoms with Gasteiger partial charge in [-0.1, -0.05) is 17.7 Å². The normalized spacial score (nSPS) is 22.0. The number of aldehydes is 1. The van der Waals surface area contributed by atoms with Gasteiger partial charge in [0, 0.05) is 23.8 Å². The number of likely N-dealkylation sites (N-methyl/N-ethyl adjacent to an activating group) is 1. The number of halogens is 1. The Bertz CT molecular complexity index is 369. The van der Waals surface area contributed by atoms with E-state index in [2.05, 4.69) is 4.90 Å². The minimum absolute atomic E-state index is 0.163. The second-order valence-corrected chi connectivity index (χ2v) is 4.14. The maximum atomic E-state index is 11.0. The molecule has 1 atom stereocenters. The monoisotopic (exact) mass is 224 g/mol. The number of rotatable bonds is 2. The Balaban J connectivity index is 2.27. The van der Waals surface area contributed by atoms with Gasteiger partial charge < -0.3 is 4.90 Å². The summed E-state index contributed by atoms with van der Waals surface area (Å²) < 4.78 is 0. The van der Waals surface area contributed by atoms with E-state index in [0.29, 0.717) is 5.02 Å². The van der Waals surface area contributed by atoms with Crippen molar-refractivity contribution < 1.29 is 4.79 Å². The van der Waals surface area contributed by atoms with Crippen LogP contribution in [0.2, 0.25) is 5.02 Å². The second kappa shape index (κ2) is 4.21. The van der Waals surface area contributed by atoms with Gasteiger partial charge in [0.2, 0.25) is 0 Å². The predicted octanol–water partition coefficient (Wildman–Crippen LogP) is 1.62. The van der Waals surface area contributed by atoms with E-state index >= 15 is 0 Å². The fraction of sp³-hybridized carbons (Fsp3) is 0.364.